The molecule has 2 saturated heterocycles. The highest BCUT2D eigenvalue weighted by atomic mass is 32.2. The lowest BCUT2D eigenvalue weighted by Crippen LogP contribution is -2.70. The highest BCUT2D eigenvalue weighted by Gasteiger charge is 2.56. The van der Waals surface area contributed by atoms with Crippen molar-refractivity contribution in [1.29, 1.82) is 0 Å². The molecule has 35 heavy (non-hydrogen) atoms. The first-order chi connectivity index (χ1) is 16.9. The summed E-state index contributed by atoms with van der Waals surface area (Å²) in [5.74, 6) is -0.357. The molecule has 3 fully saturated rings. The molecule has 1 N–H and O–H groups in total. The van der Waals surface area contributed by atoms with Crippen molar-refractivity contribution >= 4 is 33.6 Å². The number of anilines is 1. The minimum Gasteiger partial charge on any atom is -0.351 e. The molecule has 0 spiro atoms. The monoisotopic (exact) mass is 493 g/mol. The average molecular weight is 494 g/mol. The number of amides is 2. The van der Waals surface area contributed by atoms with Crippen LogP contribution in [0.25, 0.3) is 6.08 Å². The number of benzene rings is 2. The number of carbonyl (C=O) groups excluding carboxylic acids is 2. The van der Waals surface area contributed by atoms with E-state index in [2.05, 4.69) is 5.32 Å². The molecule has 0 aromatic heterocycles. The fourth-order valence-corrected chi connectivity index (χ4v) is 6.83. The Kier molecular flexibility index (Phi) is 6.51. The zero-order valence-corrected chi connectivity index (χ0v) is 20.5. The van der Waals surface area contributed by atoms with E-state index in [1.165, 1.54) is 21.3 Å². The Bertz CT molecular complexity index is 1210. The van der Waals surface area contributed by atoms with Crippen LogP contribution in [-0.4, -0.2) is 49.2 Å². The first-order valence-corrected chi connectivity index (χ1v) is 13.8. The van der Waals surface area contributed by atoms with E-state index in [-0.39, 0.29) is 29.2 Å². The second-order valence-electron chi connectivity index (χ2n) is 9.63. The molecule has 0 bridgehead atoms. The molecule has 2 aromatic carbocycles. The van der Waals surface area contributed by atoms with E-state index in [1.54, 1.807) is 12.1 Å². The fourth-order valence-electron chi connectivity index (χ4n) is 5.31. The van der Waals surface area contributed by atoms with Crippen LogP contribution in [0.1, 0.15) is 50.5 Å². The Balaban J connectivity index is 1.46. The molecule has 1 atom stereocenters. The van der Waals surface area contributed by atoms with Gasteiger partial charge in [-0.2, -0.15) is 4.31 Å². The third-order valence-corrected chi connectivity index (χ3v) is 9.21. The van der Waals surface area contributed by atoms with Crippen LogP contribution in [0.15, 0.2) is 65.6 Å². The van der Waals surface area contributed by atoms with Crippen LogP contribution in [0.5, 0.6) is 0 Å². The lowest BCUT2D eigenvalue weighted by Gasteiger charge is -2.49. The number of rotatable bonds is 7. The van der Waals surface area contributed by atoms with Gasteiger partial charge in [0.1, 0.15) is 0 Å². The SMILES string of the molecule is O=C1CC(C=Cc2ccccc2)(C(=O)NC2CCCC2)N1c1ccc(S(=O)(=O)N2CCCC2)cc1. The van der Waals surface area contributed by atoms with Crippen LogP contribution in [0, 0.1) is 0 Å². The minimum atomic E-state index is -3.55. The second-order valence-corrected chi connectivity index (χ2v) is 11.6. The van der Waals surface area contributed by atoms with Crippen molar-refractivity contribution in [3.63, 3.8) is 0 Å². The molecule has 1 aliphatic carbocycles. The number of nitrogens with zero attached hydrogens (tertiary/aromatic N) is 2. The Morgan fingerprint density at radius 1 is 0.943 bits per heavy atom. The molecule has 2 amide bonds. The molecule has 2 heterocycles. The summed E-state index contributed by atoms with van der Waals surface area (Å²) < 4.78 is 27.3. The van der Waals surface area contributed by atoms with Crippen LogP contribution >= 0.6 is 0 Å². The van der Waals surface area contributed by atoms with E-state index in [0.29, 0.717) is 18.8 Å². The van der Waals surface area contributed by atoms with Gasteiger partial charge in [-0.3, -0.25) is 14.5 Å². The molecule has 1 saturated carbocycles. The highest BCUT2D eigenvalue weighted by molar-refractivity contribution is 7.89. The van der Waals surface area contributed by atoms with E-state index in [4.69, 9.17) is 0 Å². The zero-order chi connectivity index (χ0) is 24.5. The molecule has 2 aliphatic heterocycles. The predicted molar refractivity (Wildman–Crippen MR) is 135 cm³/mol. The third kappa shape index (κ3) is 4.52. The van der Waals surface area contributed by atoms with Gasteiger partial charge in [0.2, 0.25) is 15.9 Å². The number of hydrogen-bond donors (Lipinski definition) is 1. The number of hydrogen-bond acceptors (Lipinski definition) is 4. The predicted octanol–water partition coefficient (Wildman–Crippen LogP) is 3.72. The van der Waals surface area contributed by atoms with Gasteiger partial charge in [0.05, 0.1) is 11.3 Å². The first kappa shape index (κ1) is 23.8. The molecule has 7 nitrogen and oxygen atoms in total. The molecule has 2 aromatic rings. The normalized spacial score (nSPS) is 23.7. The standard InChI is InChI=1S/C27H31N3O4S/c31-25-20-27(17-16-21-8-2-1-3-9-21,26(32)28-22-10-4-5-11-22)30(25)23-12-14-24(15-13-23)35(33,34)29-18-6-7-19-29/h1-3,8-9,12-17,22H,4-7,10-11,18-20H2,(H,28,32). The summed E-state index contributed by atoms with van der Waals surface area (Å²) in [6, 6.07) is 16.1. The quantitative estimate of drug-likeness (QED) is 0.596. The zero-order valence-electron chi connectivity index (χ0n) is 19.7. The summed E-state index contributed by atoms with van der Waals surface area (Å²) >= 11 is 0. The van der Waals surface area contributed by atoms with Crippen molar-refractivity contribution in [1.82, 2.24) is 9.62 Å². The summed E-state index contributed by atoms with van der Waals surface area (Å²) in [5, 5.41) is 3.16. The molecule has 1 unspecified atom stereocenters. The molecule has 8 heteroatoms. The number of carbonyl (C=O) groups is 2. The Morgan fingerprint density at radius 3 is 2.23 bits per heavy atom. The largest absolute Gasteiger partial charge is 0.351 e. The lowest BCUT2D eigenvalue weighted by atomic mass is 9.80. The maximum absolute atomic E-state index is 13.6. The van der Waals surface area contributed by atoms with Gasteiger partial charge >= 0.3 is 0 Å². The van der Waals surface area contributed by atoms with Crippen molar-refractivity contribution in [3.8, 4) is 0 Å². The maximum atomic E-state index is 13.6. The van der Waals surface area contributed by atoms with E-state index < -0.39 is 15.6 Å². The molecule has 3 aliphatic rings. The summed E-state index contributed by atoms with van der Waals surface area (Å²) in [5.41, 5.74) is 0.304. The first-order valence-electron chi connectivity index (χ1n) is 12.4. The molecule has 184 valence electrons. The van der Waals surface area contributed by atoms with E-state index >= 15 is 0 Å². The smallest absolute Gasteiger partial charge is 0.251 e. The van der Waals surface area contributed by atoms with Gasteiger partial charge in [0.25, 0.3) is 5.91 Å². The van der Waals surface area contributed by atoms with Gasteiger partial charge in [-0.15, -0.1) is 0 Å². The van der Waals surface area contributed by atoms with Crippen molar-refractivity contribution in [3.05, 3.63) is 66.2 Å². The van der Waals surface area contributed by atoms with Gasteiger partial charge in [0, 0.05) is 24.8 Å². The van der Waals surface area contributed by atoms with Crippen LogP contribution < -0.4 is 10.2 Å². The van der Waals surface area contributed by atoms with Crippen molar-refractivity contribution in [2.75, 3.05) is 18.0 Å². The molecule has 0 radical (unpaired) electrons. The van der Waals surface area contributed by atoms with Gasteiger partial charge in [-0.1, -0.05) is 49.2 Å². The van der Waals surface area contributed by atoms with Gasteiger partial charge in [-0.25, -0.2) is 8.42 Å². The number of nitrogens with one attached hydrogen (secondary N) is 1. The van der Waals surface area contributed by atoms with Crippen LogP contribution in [0.3, 0.4) is 0 Å². The Morgan fingerprint density at radius 2 is 1.60 bits per heavy atom. The number of sulfonamides is 1. The van der Waals surface area contributed by atoms with Crippen LogP contribution in [-0.2, 0) is 19.6 Å². The van der Waals surface area contributed by atoms with Crippen LogP contribution in [0.2, 0.25) is 0 Å². The molecular weight excluding hydrogens is 462 g/mol. The minimum absolute atomic E-state index is 0.0721. The summed E-state index contributed by atoms with van der Waals surface area (Å²) in [4.78, 5) is 28.2. The highest BCUT2D eigenvalue weighted by Crippen LogP contribution is 2.40. The molecule has 5 rings (SSSR count). The van der Waals surface area contributed by atoms with Gasteiger partial charge in [0.15, 0.2) is 5.54 Å². The second kappa shape index (κ2) is 9.59. The van der Waals surface area contributed by atoms with E-state index in [0.717, 1.165) is 44.1 Å². The Hall–Kier alpha value is -2.97. The van der Waals surface area contributed by atoms with Crippen LogP contribution in [0.4, 0.5) is 5.69 Å². The maximum Gasteiger partial charge on any atom is 0.251 e. The van der Waals surface area contributed by atoms with Crippen molar-refractivity contribution in [2.24, 2.45) is 0 Å². The van der Waals surface area contributed by atoms with E-state index in [1.807, 2.05) is 42.5 Å². The lowest BCUT2D eigenvalue weighted by molar-refractivity contribution is -0.137. The summed E-state index contributed by atoms with van der Waals surface area (Å²) in [6.45, 7) is 1.06. The molecular formula is C27H31N3O4S. The van der Waals surface area contributed by atoms with E-state index in [9.17, 15) is 18.0 Å². The summed E-state index contributed by atoms with van der Waals surface area (Å²) in [7, 11) is -3.55. The van der Waals surface area contributed by atoms with Gasteiger partial charge < -0.3 is 5.32 Å². The number of β-lactam (4-membered cyclic amide) rings is 1. The fraction of sp³-hybridized carbons (Fsp3) is 0.407. The van der Waals surface area contributed by atoms with Crippen molar-refractivity contribution in [2.45, 2.75) is 61.4 Å². The third-order valence-electron chi connectivity index (χ3n) is 7.30. The average Bonchev–Trinajstić information content (AvgIpc) is 3.57. The summed E-state index contributed by atoms with van der Waals surface area (Å²) in [6.07, 6.45) is 9.56. The van der Waals surface area contributed by atoms with Crippen molar-refractivity contribution < 1.29 is 18.0 Å². The topological polar surface area (TPSA) is 86.8 Å². The Labute approximate surface area is 206 Å². The van der Waals surface area contributed by atoms with Gasteiger partial charge in [-0.05, 0) is 61.6 Å².